The Balaban J connectivity index is 3.13. The SMILES string of the molecule is CC(=O)OCCCCCCCCCCC/C=C/[Si](C)(C)C. The molecule has 0 aromatic heterocycles. The number of carbonyl (C=O) groups excluding carboxylic acids is 1. The van der Waals surface area contributed by atoms with Gasteiger partial charge in [0.1, 0.15) is 0 Å². The first-order chi connectivity index (χ1) is 9.92. The molecular formula is C18H36O2Si. The largest absolute Gasteiger partial charge is 0.466 e. The molecule has 0 amide bonds. The summed E-state index contributed by atoms with van der Waals surface area (Å²) in [4.78, 5) is 10.6. The minimum Gasteiger partial charge on any atom is -0.466 e. The van der Waals surface area contributed by atoms with Gasteiger partial charge in [-0.1, -0.05) is 76.4 Å². The summed E-state index contributed by atoms with van der Waals surface area (Å²) in [6.45, 7) is 9.22. The van der Waals surface area contributed by atoms with Gasteiger partial charge < -0.3 is 4.74 Å². The van der Waals surface area contributed by atoms with Crippen molar-refractivity contribution in [1.82, 2.24) is 0 Å². The summed E-state index contributed by atoms with van der Waals surface area (Å²) in [5, 5.41) is 0. The Morgan fingerprint density at radius 1 is 0.857 bits per heavy atom. The second kappa shape index (κ2) is 13.1. The first kappa shape index (κ1) is 20.4. The normalized spacial score (nSPS) is 12.0. The molecular weight excluding hydrogens is 276 g/mol. The van der Waals surface area contributed by atoms with Crippen LogP contribution in [-0.2, 0) is 9.53 Å². The fourth-order valence-electron chi connectivity index (χ4n) is 2.25. The Labute approximate surface area is 133 Å². The Morgan fingerprint density at radius 3 is 1.81 bits per heavy atom. The molecule has 0 aliphatic heterocycles. The molecule has 0 bridgehead atoms. The van der Waals surface area contributed by atoms with Crippen molar-refractivity contribution in [2.75, 3.05) is 6.61 Å². The third-order valence-corrected chi connectivity index (χ3v) is 4.67. The van der Waals surface area contributed by atoms with Crippen molar-refractivity contribution in [2.24, 2.45) is 0 Å². The number of allylic oxidation sites excluding steroid dienone is 1. The van der Waals surface area contributed by atoms with E-state index in [2.05, 4.69) is 31.4 Å². The molecule has 0 unspecified atom stereocenters. The minimum absolute atomic E-state index is 0.158. The molecule has 0 aliphatic rings. The molecule has 0 heterocycles. The molecule has 0 fully saturated rings. The van der Waals surface area contributed by atoms with Gasteiger partial charge in [0, 0.05) is 6.92 Å². The van der Waals surface area contributed by atoms with Gasteiger partial charge in [-0.2, -0.15) is 0 Å². The molecule has 0 radical (unpaired) electrons. The van der Waals surface area contributed by atoms with Gasteiger partial charge in [-0.05, 0) is 19.3 Å². The van der Waals surface area contributed by atoms with Crippen molar-refractivity contribution in [1.29, 1.82) is 0 Å². The molecule has 0 N–H and O–H groups in total. The Kier molecular flexibility index (Phi) is 12.8. The summed E-state index contributed by atoms with van der Waals surface area (Å²) < 4.78 is 4.91. The molecule has 124 valence electrons. The van der Waals surface area contributed by atoms with Crippen LogP contribution in [0.4, 0.5) is 0 Å². The van der Waals surface area contributed by atoms with E-state index in [9.17, 15) is 4.79 Å². The van der Waals surface area contributed by atoms with Crippen molar-refractivity contribution in [2.45, 2.75) is 90.8 Å². The summed E-state index contributed by atoms with van der Waals surface area (Å²) in [6.07, 6.45) is 15.3. The van der Waals surface area contributed by atoms with Crippen LogP contribution in [-0.4, -0.2) is 20.7 Å². The summed E-state index contributed by atoms with van der Waals surface area (Å²) in [5.41, 5.74) is 2.46. The van der Waals surface area contributed by atoms with E-state index in [1.54, 1.807) is 0 Å². The number of esters is 1. The minimum atomic E-state index is -0.972. The van der Waals surface area contributed by atoms with Gasteiger partial charge in [0.15, 0.2) is 0 Å². The van der Waals surface area contributed by atoms with Gasteiger partial charge in [0.25, 0.3) is 0 Å². The highest BCUT2D eigenvalue weighted by molar-refractivity contribution is 6.80. The smallest absolute Gasteiger partial charge is 0.302 e. The molecule has 0 aliphatic carbocycles. The monoisotopic (exact) mass is 312 g/mol. The van der Waals surface area contributed by atoms with Gasteiger partial charge in [-0.25, -0.2) is 0 Å². The average Bonchev–Trinajstić information content (AvgIpc) is 2.37. The first-order valence-corrected chi connectivity index (χ1v) is 12.3. The number of unbranched alkanes of at least 4 members (excludes halogenated alkanes) is 9. The van der Waals surface area contributed by atoms with Crippen molar-refractivity contribution < 1.29 is 9.53 Å². The van der Waals surface area contributed by atoms with Crippen molar-refractivity contribution >= 4 is 14.0 Å². The zero-order valence-electron chi connectivity index (χ0n) is 14.7. The number of hydrogen-bond acceptors (Lipinski definition) is 2. The van der Waals surface area contributed by atoms with E-state index < -0.39 is 8.07 Å². The molecule has 0 saturated carbocycles. The zero-order valence-corrected chi connectivity index (χ0v) is 15.7. The maximum atomic E-state index is 10.6. The maximum Gasteiger partial charge on any atom is 0.302 e. The Bertz CT molecular complexity index is 279. The molecule has 0 rings (SSSR count). The van der Waals surface area contributed by atoms with Crippen LogP contribution >= 0.6 is 0 Å². The highest BCUT2D eigenvalue weighted by atomic mass is 28.3. The Morgan fingerprint density at radius 2 is 1.33 bits per heavy atom. The van der Waals surface area contributed by atoms with Crippen LogP contribution in [0.2, 0.25) is 19.6 Å². The molecule has 0 aromatic rings. The van der Waals surface area contributed by atoms with E-state index in [4.69, 9.17) is 4.74 Å². The average molecular weight is 313 g/mol. The fourth-order valence-corrected chi connectivity index (χ4v) is 3.13. The van der Waals surface area contributed by atoms with Crippen LogP contribution in [0.5, 0.6) is 0 Å². The predicted octanol–water partition coefficient (Wildman–Crippen LogP) is 5.88. The number of carbonyl (C=O) groups is 1. The summed E-state index contributed by atoms with van der Waals surface area (Å²) in [6, 6.07) is 0. The molecule has 3 heteroatoms. The lowest BCUT2D eigenvalue weighted by Crippen LogP contribution is -2.15. The van der Waals surface area contributed by atoms with E-state index in [1.165, 1.54) is 64.7 Å². The molecule has 0 spiro atoms. The summed E-state index contributed by atoms with van der Waals surface area (Å²) >= 11 is 0. The second-order valence-electron chi connectivity index (χ2n) is 7.08. The topological polar surface area (TPSA) is 26.3 Å². The fraction of sp³-hybridized carbons (Fsp3) is 0.833. The number of rotatable bonds is 13. The third kappa shape index (κ3) is 19.4. The lowest BCUT2D eigenvalue weighted by atomic mass is 10.1. The van der Waals surface area contributed by atoms with Gasteiger partial charge in [-0.15, -0.1) is 0 Å². The molecule has 2 nitrogen and oxygen atoms in total. The molecule has 21 heavy (non-hydrogen) atoms. The third-order valence-electron chi connectivity index (χ3n) is 3.44. The van der Waals surface area contributed by atoms with E-state index in [0.29, 0.717) is 6.61 Å². The standard InChI is InChI=1S/C18H36O2Si/c1-18(19)20-16-14-12-10-8-6-5-7-9-11-13-15-17-21(2,3)4/h15,17H,5-14,16H2,1-4H3/b17-15+. The predicted molar refractivity (Wildman–Crippen MR) is 95.3 cm³/mol. The van der Waals surface area contributed by atoms with Crippen LogP contribution in [0.3, 0.4) is 0 Å². The van der Waals surface area contributed by atoms with E-state index in [0.717, 1.165) is 6.42 Å². The van der Waals surface area contributed by atoms with E-state index in [-0.39, 0.29) is 5.97 Å². The maximum absolute atomic E-state index is 10.6. The van der Waals surface area contributed by atoms with E-state index >= 15 is 0 Å². The van der Waals surface area contributed by atoms with Crippen LogP contribution in [0.25, 0.3) is 0 Å². The quantitative estimate of drug-likeness (QED) is 0.241. The second-order valence-corrected chi connectivity index (χ2v) is 12.1. The summed E-state index contributed by atoms with van der Waals surface area (Å²) in [5.74, 6) is -0.158. The lowest BCUT2D eigenvalue weighted by Gasteiger charge is -2.07. The lowest BCUT2D eigenvalue weighted by molar-refractivity contribution is -0.141. The first-order valence-electron chi connectivity index (χ1n) is 8.73. The van der Waals surface area contributed by atoms with Crippen LogP contribution in [0, 0.1) is 0 Å². The molecule has 0 saturated heterocycles. The van der Waals surface area contributed by atoms with Crippen LogP contribution in [0.1, 0.15) is 71.1 Å². The van der Waals surface area contributed by atoms with Gasteiger partial charge in [0.05, 0.1) is 14.7 Å². The Hall–Kier alpha value is -0.573. The van der Waals surface area contributed by atoms with Crippen molar-refractivity contribution in [3.05, 3.63) is 11.8 Å². The number of ether oxygens (including phenoxy) is 1. The van der Waals surface area contributed by atoms with E-state index in [1.807, 2.05) is 0 Å². The highest BCUT2D eigenvalue weighted by Gasteiger charge is 2.05. The highest BCUT2D eigenvalue weighted by Crippen LogP contribution is 2.11. The van der Waals surface area contributed by atoms with Gasteiger partial charge in [-0.3, -0.25) is 4.79 Å². The molecule has 0 atom stereocenters. The summed E-state index contributed by atoms with van der Waals surface area (Å²) in [7, 11) is -0.972. The number of hydrogen-bond donors (Lipinski definition) is 0. The zero-order chi connectivity index (χ0) is 16.0. The van der Waals surface area contributed by atoms with Crippen LogP contribution in [0.15, 0.2) is 11.8 Å². The molecule has 0 aromatic carbocycles. The van der Waals surface area contributed by atoms with Crippen LogP contribution < -0.4 is 0 Å². The van der Waals surface area contributed by atoms with Gasteiger partial charge >= 0.3 is 5.97 Å². The van der Waals surface area contributed by atoms with Crippen molar-refractivity contribution in [3.8, 4) is 0 Å². The van der Waals surface area contributed by atoms with Crippen molar-refractivity contribution in [3.63, 3.8) is 0 Å². The van der Waals surface area contributed by atoms with Gasteiger partial charge in [0.2, 0.25) is 0 Å².